The number of unbranched alkanes of at least 4 members (excludes halogenated alkanes) is 1. The second-order valence-electron chi connectivity index (χ2n) is 9.83. The molecule has 2 heterocycles. The van der Waals surface area contributed by atoms with Gasteiger partial charge in [0.15, 0.2) is 11.9 Å². The summed E-state index contributed by atoms with van der Waals surface area (Å²) < 4.78 is 0. The molecule has 202 valence electrons. The number of nitrogens with zero attached hydrogens (tertiary/aromatic N) is 4. The van der Waals surface area contributed by atoms with Gasteiger partial charge in [-0.3, -0.25) is 9.59 Å². The second kappa shape index (κ2) is 13.5. The minimum absolute atomic E-state index is 0.0609. The number of amides is 2. The molecule has 2 aliphatic rings. The van der Waals surface area contributed by atoms with Crippen molar-refractivity contribution in [2.24, 2.45) is 21.5 Å². The maximum Gasteiger partial charge on any atom is 0.239 e. The first-order valence-electron chi connectivity index (χ1n) is 13.2. The van der Waals surface area contributed by atoms with E-state index in [9.17, 15) is 9.59 Å². The van der Waals surface area contributed by atoms with Crippen molar-refractivity contribution in [1.82, 2.24) is 20.4 Å². The summed E-state index contributed by atoms with van der Waals surface area (Å²) in [4.78, 5) is 37.4. The van der Waals surface area contributed by atoms with E-state index in [1.54, 1.807) is 0 Å². The highest BCUT2D eigenvalue weighted by atomic mass is 16.2. The summed E-state index contributed by atoms with van der Waals surface area (Å²) in [6.45, 7) is 2.75. The van der Waals surface area contributed by atoms with Gasteiger partial charge in [0, 0.05) is 26.2 Å². The van der Waals surface area contributed by atoms with Crippen molar-refractivity contribution >= 4 is 23.7 Å². The second-order valence-corrected chi connectivity index (χ2v) is 9.83. The topological polar surface area (TPSA) is 141 Å². The van der Waals surface area contributed by atoms with E-state index in [1.165, 1.54) is 11.1 Å². The van der Waals surface area contributed by atoms with Gasteiger partial charge >= 0.3 is 0 Å². The Labute approximate surface area is 224 Å². The number of nitrogens with two attached hydrogens (primary N) is 2. The number of rotatable bonds is 13. The van der Waals surface area contributed by atoms with Gasteiger partial charge in [-0.1, -0.05) is 60.7 Å². The van der Waals surface area contributed by atoms with Crippen LogP contribution in [0.1, 0.15) is 24.0 Å². The third-order valence-corrected chi connectivity index (χ3v) is 6.69. The lowest BCUT2D eigenvalue weighted by atomic mass is 10.1. The first-order chi connectivity index (χ1) is 18.5. The van der Waals surface area contributed by atoms with Crippen LogP contribution >= 0.6 is 0 Å². The Hall–Kier alpha value is -4.08. The third-order valence-electron chi connectivity index (χ3n) is 6.69. The first-order valence-corrected chi connectivity index (χ1v) is 13.2. The highest BCUT2D eigenvalue weighted by Crippen LogP contribution is 2.14. The van der Waals surface area contributed by atoms with Gasteiger partial charge in [-0.25, -0.2) is 9.98 Å². The van der Waals surface area contributed by atoms with Crippen molar-refractivity contribution in [2.75, 3.05) is 39.3 Å². The molecule has 10 nitrogen and oxygen atoms in total. The number of guanidine groups is 2. The molecule has 0 saturated carbocycles. The quantitative estimate of drug-likeness (QED) is 0.284. The van der Waals surface area contributed by atoms with Crippen LogP contribution in [0.15, 0.2) is 70.6 Å². The fourth-order valence-corrected chi connectivity index (χ4v) is 4.76. The van der Waals surface area contributed by atoms with E-state index in [0.29, 0.717) is 38.1 Å². The Balaban J connectivity index is 1.04. The Morgan fingerprint density at radius 2 is 1.11 bits per heavy atom. The predicted molar refractivity (Wildman–Crippen MR) is 150 cm³/mol. The Morgan fingerprint density at radius 3 is 1.50 bits per heavy atom. The monoisotopic (exact) mass is 518 g/mol. The van der Waals surface area contributed by atoms with Gasteiger partial charge < -0.3 is 31.9 Å². The smallest absolute Gasteiger partial charge is 0.239 e. The van der Waals surface area contributed by atoms with E-state index >= 15 is 0 Å². The highest BCUT2D eigenvalue weighted by Gasteiger charge is 2.26. The van der Waals surface area contributed by atoms with E-state index < -0.39 is 0 Å². The number of carbonyl (C=O) groups excluding carboxylic acids is 2. The predicted octanol–water partition coefficient (Wildman–Crippen LogP) is 0.482. The van der Waals surface area contributed by atoms with Crippen LogP contribution in [-0.4, -0.2) is 84.9 Å². The Bertz CT molecular complexity index is 1030. The van der Waals surface area contributed by atoms with Crippen LogP contribution in [0, 0.1) is 0 Å². The Morgan fingerprint density at radius 1 is 0.711 bits per heavy atom. The molecule has 0 saturated heterocycles. The van der Waals surface area contributed by atoms with Crippen molar-refractivity contribution in [3.05, 3.63) is 71.8 Å². The average molecular weight is 519 g/mol. The van der Waals surface area contributed by atoms with Gasteiger partial charge in [0.1, 0.15) is 0 Å². The van der Waals surface area contributed by atoms with E-state index in [4.69, 9.17) is 11.5 Å². The van der Waals surface area contributed by atoms with Crippen molar-refractivity contribution in [1.29, 1.82) is 0 Å². The molecule has 0 spiro atoms. The number of carbonyl (C=O) groups is 2. The van der Waals surface area contributed by atoms with Crippen LogP contribution in [-0.2, 0) is 22.4 Å². The fourth-order valence-electron chi connectivity index (χ4n) is 4.76. The zero-order chi connectivity index (χ0) is 26.7. The molecule has 10 heteroatoms. The number of benzene rings is 2. The van der Waals surface area contributed by atoms with E-state index in [1.807, 2.05) is 46.2 Å². The molecule has 0 aliphatic carbocycles. The largest absolute Gasteiger partial charge is 0.370 e. The Kier molecular flexibility index (Phi) is 9.55. The molecule has 2 aromatic carbocycles. The molecule has 0 radical (unpaired) electrons. The molecule has 2 aromatic rings. The lowest BCUT2D eigenvalue weighted by Gasteiger charge is -2.18. The van der Waals surface area contributed by atoms with E-state index in [0.717, 1.165) is 25.7 Å². The average Bonchev–Trinajstić information content (AvgIpc) is 3.42. The lowest BCUT2D eigenvalue weighted by Crippen LogP contribution is -2.43. The SMILES string of the molecule is NC1=N[C@@H](Cc2ccccc2)CN1CC(=O)NCCCCNC(=O)CN1C[C@H](Cc2ccccc2)N=C1N. The number of aliphatic imine (C=N–C) groups is 2. The molecule has 2 aliphatic heterocycles. The fraction of sp³-hybridized carbons (Fsp3) is 0.429. The minimum atomic E-state index is -0.0820. The van der Waals surface area contributed by atoms with Crippen LogP contribution < -0.4 is 22.1 Å². The molecule has 2 amide bonds. The molecule has 0 fully saturated rings. The maximum absolute atomic E-state index is 12.4. The molecular formula is C28H38N8O2. The maximum atomic E-state index is 12.4. The number of hydrogen-bond acceptors (Lipinski definition) is 8. The number of nitrogens with one attached hydrogen (secondary N) is 2. The summed E-state index contributed by atoms with van der Waals surface area (Å²) in [6, 6.07) is 20.4. The van der Waals surface area contributed by atoms with Crippen LogP contribution in [0.25, 0.3) is 0 Å². The summed E-state index contributed by atoms with van der Waals surface area (Å²) in [7, 11) is 0. The zero-order valence-electron chi connectivity index (χ0n) is 21.8. The standard InChI is InChI=1S/C28H38N8O2/c29-27-33-23(15-21-9-3-1-4-10-21)17-35(27)19-25(37)31-13-7-8-14-32-26(38)20-36-18-24(34-28(36)30)16-22-11-5-2-6-12-22/h1-6,9-12,23-24H,7-8,13-20H2,(H2,29,33)(H2,30,34)(H,31,37)(H,32,38)/t23-,24-/m0/s1. The summed E-state index contributed by atoms with van der Waals surface area (Å²) in [6.07, 6.45) is 3.13. The summed E-state index contributed by atoms with van der Waals surface area (Å²) in [5, 5.41) is 5.86. The summed E-state index contributed by atoms with van der Waals surface area (Å²) in [5.74, 6) is 0.667. The molecule has 0 aromatic heterocycles. The third kappa shape index (κ3) is 8.22. The van der Waals surface area contributed by atoms with Crippen molar-refractivity contribution in [2.45, 2.75) is 37.8 Å². The van der Waals surface area contributed by atoms with Crippen molar-refractivity contribution < 1.29 is 9.59 Å². The molecule has 38 heavy (non-hydrogen) atoms. The molecule has 6 N–H and O–H groups in total. The van der Waals surface area contributed by atoms with Gasteiger partial charge in [0.25, 0.3) is 0 Å². The van der Waals surface area contributed by atoms with Crippen LogP contribution in [0.3, 0.4) is 0 Å². The molecule has 0 unspecified atom stereocenters. The number of hydrogen-bond donors (Lipinski definition) is 4. The van der Waals surface area contributed by atoms with Gasteiger partial charge in [-0.05, 0) is 36.8 Å². The van der Waals surface area contributed by atoms with Crippen LogP contribution in [0.5, 0.6) is 0 Å². The summed E-state index contributed by atoms with van der Waals surface area (Å²) in [5.41, 5.74) is 14.5. The van der Waals surface area contributed by atoms with E-state index in [2.05, 4.69) is 44.9 Å². The summed E-state index contributed by atoms with van der Waals surface area (Å²) >= 11 is 0. The molecule has 4 rings (SSSR count). The lowest BCUT2D eigenvalue weighted by molar-refractivity contribution is -0.122. The molecule has 0 bridgehead atoms. The van der Waals surface area contributed by atoms with E-state index in [-0.39, 0.29) is 37.0 Å². The zero-order valence-corrected chi connectivity index (χ0v) is 21.8. The molecular weight excluding hydrogens is 480 g/mol. The first kappa shape index (κ1) is 27.0. The van der Waals surface area contributed by atoms with Crippen LogP contribution in [0.2, 0.25) is 0 Å². The van der Waals surface area contributed by atoms with Crippen LogP contribution in [0.4, 0.5) is 0 Å². The highest BCUT2D eigenvalue weighted by molar-refractivity contribution is 5.87. The van der Waals surface area contributed by atoms with Gasteiger partial charge in [0.05, 0.1) is 25.2 Å². The van der Waals surface area contributed by atoms with Gasteiger partial charge in [-0.2, -0.15) is 0 Å². The van der Waals surface area contributed by atoms with Gasteiger partial charge in [0.2, 0.25) is 11.8 Å². The van der Waals surface area contributed by atoms with Crippen molar-refractivity contribution in [3.63, 3.8) is 0 Å². The normalized spacial score (nSPS) is 18.7. The van der Waals surface area contributed by atoms with Gasteiger partial charge in [-0.15, -0.1) is 0 Å². The minimum Gasteiger partial charge on any atom is -0.370 e. The van der Waals surface area contributed by atoms with Crippen molar-refractivity contribution in [3.8, 4) is 0 Å². The molecule has 2 atom stereocenters.